The summed E-state index contributed by atoms with van der Waals surface area (Å²) in [5.41, 5.74) is 1.79. The molecule has 3 aromatic carbocycles. The number of furan rings is 1. The second kappa shape index (κ2) is 11.8. The first-order valence-corrected chi connectivity index (χ1v) is 14.5. The number of nitrogens with one attached hydrogen (secondary N) is 1. The number of nitro benzene ring substituents is 1. The van der Waals surface area contributed by atoms with Gasteiger partial charge in [0.15, 0.2) is 4.80 Å². The van der Waals surface area contributed by atoms with Gasteiger partial charge in [0, 0.05) is 22.9 Å². The van der Waals surface area contributed by atoms with E-state index < -0.39 is 11.0 Å². The van der Waals surface area contributed by atoms with E-state index in [0.717, 1.165) is 11.3 Å². The molecule has 10 nitrogen and oxygen atoms in total. The molecule has 0 aliphatic carbocycles. The van der Waals surface area contributed by atoms with Crippen LogP contribution in [0.1, 0.15) is 24.3 Å². The summed E-state index contributed by atoms with van der Waals surface area (Å²) in [5.74, 6) is 0.812. The molecule has 1 aliphatic rings. The Morgan fingerprint density at radius 2 is 1.86 bits per heavy atom. The topological polar surface area (TPSA) is 129 Å². The van der Waals surface area contributed by atoms with Crippen LogP contribution in [0.25, 0.3) is 17.4 Å². The van der Waals surface area contributed by atoms with E-state index >= 15 is 0 Å². The number of ether oxygens (including phenoxy) is 1. The zero-order valence-electron chi connectivity index (χ0n) is 23.3. The fourth-order valence-electron chi connectivity index (χ4n) is 5.00. The Morgan fingerprint density at radius 3 is 2.57 bits per heavy atom. The number of allylic oxidation sites excluding steroid dienone is 1. The quantitative estimate of drug-likeness (QED) is 0.182. The molecule has 3 heterocycles. The number of hydrogen-bond donors (Lipinski definition) is 1. The summed E-state index contributed by atoms with van der Waals surface area (Å²) in [6.45, 7) is 1.74. The van der Waals surface area contributed by atoms with Gasteiger partial charge in [-0.3, -0.25) is 24.3 Å². The van der Waals surface area contributed by atoms with Gasteiger partial charge in [-0.05, 0) is 61.0 Å². The number of rotatable bonds is 7. The SMILES string of the molecule is COc1ccc([C@@H]2C(C(=O)Nc3ccccc3)=C(C)N=c3s/c(=C/c4ccc(-c5ccc(Cl)cc5[N+](=O)[O-])o4)c(=O)n32)cc1. The van der Waals surface area contributed by atoms with Crippen molar-refractivity contribution in [1.29, 1.82) is 0 Å². The standard InChI is InChI=1S/C32H23ClN4O6S/c1-18-28(30(38)35-21-6-4-3-5-7-21)29(19-8-11-22(42-2)12-9-19)36-31(39)27(44-32(36)34-18)17-23-13-15-26(43-23)24-14-10-20(33)16-25(24)37(40)41/h3-17,29H,1-2H3,(H,35,38)/b27-17+/t29-/m1/s1. The van der Waals surface area contributed by atoms with Gasteiger partial charge in [0.05, 0.1) is 39.4 Å². The van der Waals surface area contributed by atoms with Gasteiger partial charge < -0.3 is 14.5 Å². The number of thiazole rings is 1. The van der Waals surface area contributed by atoms with Crippen LogP contribution in [-0.2, 0) is 4.79 Å². The van der Waals surface area contributed by atoms with Gasteiger partial charge in [-0.1, -0.05) is 53.3 Å². The van der Waals surface area contributed by atoms with Crippen molar-refractivity contribution < 1.29 is 18.9 Å². The van der Waals surface area contributed by atoms with Crippen molar-refractivity contribution in [3.05, 3.63) is 142 Å². The summed E-state index contributed by atoms with van der Waals surface area (Å²) in [6.07, 6.45) is 1.56. The Bertz CT molecular complexity index is 2130. The van der Waals surface area contributed by atoms with E-state index in [9.17, 15) is 19.7 Å². The van der Waals surface area contributed by atoms with E-state index in [-0.39, 0.29) is 33.5 Å². The molecule has 220 valence electrons. The maximum Gasteiger partial charge on any atom is 0.281 e. The second-order valence-electron chi connectivity index (χ2n) is 9.80. The highest BCUT2D eigenvalue weighted by Crippen LogP contribution is 2.34. The van der Waals surface area contributed by atoms with Crippen molar-refractivity contribution >= 4 is 46.3 Å². The van der Waals surface area contributed by atoms with Crippen molar-refractivity contribution in [1.82, 2.24) is 4.57 Å². The zero-order chi connectivity index (χ0) is 31.0. The van der Waals surface area contributed by atoms with Gasteiger partial charge in [-0.15, -0.1) is 0 Å². The van der Waals surface area contributed by atoms with Gasteiger partial charge in [0.2, 0.25) is 0 Å². The highest BCUT2D eigenvalue weighted by Gasteiger charge is 2.32. The Balaban J connectivity index is 1.45. The smallest absolute Gasteiger partial charge is 0.281 e. The number of halogens is 1. The molecule has 1 N–H and O–H groups in total. The molecule has 1 aliphatic heterocycles. The lowest BCUT2D eigenvalue weighted by Gasteiger charge is -2.25. The van der Waals surface area contributed by atoms with Gasteiger partial charge in [-0.25, -0.2) is 4.99 Å². The Morgan fingerprint density at radius 1 is 1.11 bits per heavy atom. The number of carbonyl (C=O) groups excluding carboxylic acids is 1. The normalized spacial score (nSPS) is 14.6. The highest BCUT2D eigenvalue weighted by atomic mass is 35.5. The molecule has 0 bridgehead atoms. The molecular weight excluding hydrogens is 604 g/mol. The van der Waals surface area contributed by atoms with Crippen molar-refractivity contribution in [2.75, 3.05) is 12.4 Å². The Labute approximate surface area is 259 Å². The molecule has 0 spiro atoms. The molecule has 44 heavy (non-hydrogen) atoms. The number of methoxy groups -OCH3 is 1. The maximum atomic E-state index is 14.0. The number of hydrogen-bond acceptors (Lipinski definition) is 8. The minimum atomic E-state index is -0.771. The molecule has 2 aromatic heterocycles. The summed E-state index contributed by atoms with van der Waals surface area (Å²) in [7, 11) is 1.56. The molecule has 6 rings (SSSR count). The van der Waals surface area contributed by atoms with Crippen molar-refractivity contribution in [3.8, 4) is 17.1 Å². The van der Waals surface area contributed by atoms with E-state index in [1.807, 2.05) is 30.3 Å². The molecule has 0 radical (unpaired) electrons. The molecule has 0 saturated carbocycles. The minimum absolute atomic E-state index is 0.200. The monoisotopic (exact) mass is 626 g/mol. The number of amides is 1. The molecule has 1 amide bonds. The number of para-hydroxylation sites is 1. The lowest BCUT2D eigenvalue weighted by atomic mass is 9.95. The van der Waals surface area contributed by atoms with Crippen LogP contribution >= 0.6 is 22.9 Å². The summed E-state index contributed by atoms with van der Waals surface area (Å²) in [5, 5.41) is 14.7. The summed E-state index contributed by atoms with van der Waals surface area (Å²) in [6, 6.07) is 23.0. The summed E-state index contributed by atoms with van der Waals surface area (Å²) < 4.78 is 13.0. The largest absolute Gasteiger partial charge is 0.497 e. The van der Waals surface area contributed by atoms with Crippen LogP contribution in [0.15, 0.2) is 110 Å². The molecule has 5 aromatic rings. The van der Waals surface area contributed by atoms with Crippen LogP contribution in [0.2, 0.25) is 5.02 Å². The number of benzene rings is 3. The van der Waals surface area contributed by atoms with E-state index in [4.69, 9.17) is 20.8 Å². The van der Waals surface area contributed by atoms with Crippen LogP contribution in [0.4, 0.5) is 11.4 Å². The molecule has 1 atom stereocenters. The van der Waals surface area contributed by atoms with Crippen LogP contribution in [0.3, 0.4) is 0 Å². The number of carbonyl (C=O) groups is 1. The third-order valence-corrected chi connectivity index (χ3v) is 8.27. The third kappa shape index (κ3) is 5.46. The summed E-state index contributed by atoms with van der Waals surface area (Å²) in [4.78, 5) is 43.8. The van der Waals surface area contributed by atoms with E-state index in [1.54, 1.807) is 56.5 Å². The first-order valence-electron chi connectivity index (χ1n) is 13.3. The average Bonchev–Trinajstić information content (AvgIpc) is 3.60. The van der Waals surface area contributed by atoms with Crippen molar-refractivity contribution in [2.45, 2.75) is 13.0 Å². The predicted octanol–water partition coefficient (Wildman–Crippen LogP) is 5.70. The number of aromatic nitrogens is 1. The molecule has 0 fully saturated rings. The number of fused-ring (bicyclic) bond motifs is 1. The van der Waals surface area contributed by atoms with E-state index in [0.29, 0.717) is 43.4 Å². The zero-order valence-corrected chi connectivity index (χ0v) is 24.9. The minimum Gasteiger partial charge on any atom is -0.497 e. The van der Waals surface area contributed by atoms with Gasteiger partial charge in [0.1, 0.15) is 17.3 Å². The lowest BCUT2D eigenvalue weighted by molar-refractivity contribution is -0.384. The number of anilines is 1. The highest BCUT2D eigenvalue weighted by molar-refractivity contribution is 7.07. The average molecular weight is 627 g/mol. The predicted molar refractivity (Wildman–Crippen MR) is 168 cm³/mol. The van der Waals surface area contributed by atoms with Crippen LogP contribution < -0.4 is 24.9 Å². The van der Waals surface area contributed by atoms with Crippen LogP contribution in [0, 0.1) is 10.1 Å². The van der Waals surface area contributed by atoms with Crippen LogP contribution in [0.5, 0.6) is 5.75 Å². The van der Waals surface area contributed by atoms with Gasteiger partial charge in [0.25, 0.3) is 17.2 Å². The Kier molecular flexibility index (Phi) is 7.73. The fourth-order valence-corrected chi connectivity index (χ4v) is 6.19. The van der Waals surface area contributed by atoms with Crippen LogP contribution in [-0.4, -0.2) is 22.5 Å². The molecular formula is C32H23ClN4O6S. The number of nitrogens with zero attached hydrogens (tertiary/aromatic N) is 3. The maximum absolute atomic E-state index is 14.0. The van der Waals surface area contributed by atoms with E-state index in [1.165, 1.54) is 22.8 Å². The first kappa shape index (κ1) is 28.8. The molecule has 0 unspecified atom stereocenters. The second-order valence-corrected chi connectivity index (χ2v) is 11.2. The van der Waals surface area contributed by atoms with Gasteiger partial charge in [-0.2, -0.15) is 0 Å². The first-order chi connectivity index (χ1) is 21.2. The lowest BCUT2D eigenvalue weighted by Crippen LogP contribution is -2.40. The van der Waals surface area contributed by atoms with E-state index in [2.05, 4.69) is 10.3 Å². The fraction of sp³-hybridized carbons (Fsp3) is 0.0938. The third-order valence-electron chi connectivity index (χ3n) is 7.05. The summed E-state index contributed by atoms with van der Waals surface area (Å²) >= 11 is 7.11. The molecule has 12 heteroatoms. The van der Waals surface area contributed by atoms with Crippen molar-refractivity contribution in [2.24, 2.45) is 4.99 Å². The molecule has 0 saturated heterocycles. The number of nitro groups is 1. The van der Waals surface area contributed by atoms with Gasteiger partial charge >= 0.3 is 0 Å². The Hall–Kier alpha value is -5.26. The van der Waals surface area contributed by atoms with Crippen molar-refractivity contribution in [3.63, 3.8) is 0 Å².